The van der Waals surface area contributed by atoms with Crippen LogP contribution in [0.1, 0.15) is 26.3 Å². The molecule has 0 unspecified atom stereocenters. The smallest absolute Gasteiger partial charge is 0.136 e. The SMILES string of the molecule is CC(C)(C)c1cccc2oc3cc(Cl)ccc3c12. The molecule has 0 aliphatic rings. The molecule has 0 amide bonds. The first-order valence-electron chi connectivity index (χ1n) is 6.08. The summed E-state index contributed by atoms with van der Waals surface area (Å²) < 4.78 is 5.88. The minimum atomic E-state index is 0.0932. The largest absolute Gasteiger partial charge is 0.456 e. The van der Waals surface area contributed by atoms with Crippen molar-refractivity contribution in [1.82, 2.24) is 0 Å². The fourth-order valence-corrected chi connectivity index (χ4v) is 2.59. The van der Waals surface area contributed by atoms with Crippen molar-refractivity contribution in [2.45, 2.75) is 26.2 Å². The molecule has 1 aromatic heterocycles. The van der Waals surface area contributed by atoms with Crippen LogP contribution in [0.3, 0.4) is 0 Å². The second-order valence-corrected chi connectivity index (χ2v) is 6.11. The second kappa shape index (κ2) is 3.76. The minimum Gasteiger partial charge on any atom is -0.456 e. The van der Waals surface area contributed by atoms with Crippen LogP contribution in [-0.2, 0) is 5.41 Å². The molecule has 18 heavy (non-hydrogen) atoms. The van der Waals surface area contributed by atoms with E-state index in [0.29, 0.717) is 5.02 Å². The third-order valence-electron chi connectivity index (χ3n) is 3.27. The first kappa shape index (κ1) is 11.6. The molecule has 0 aliphatic carbocycles. The van der Waals surface area contributed by atoms with Gasteiger partial charge in [0.05, 0.1) is 0 Å². The number of hydrogen-bond donors (Lipinski definition) is 0. The minimum absolute atomic E-state index is 0.0932. The number of fused-ring (bicyclic) bond motifs is 3. The lowest BCUT2D eigenvalue weighted by Gasteiger charge is -2.19. The van der Waals surface area contributed by atoms with Crippen molar-refractivity contribution in [3.63, 3.8) is 0 Å². The lowest BCUT2D eigenvalue weighted by molar-refractivity contribution is 0.594. The van der Waals surface area contributed by atoms with E-state index in [-0.39, 0.29) is 5.41 Å². The van der Waals surface area contributed by atoms with E-state index in [4.69, 9.17) is 16.0 Å². The number of rotatable bonds is 0. The van der Waals surface area contributed by atoms with Gasteiger partial charge in [0, 0.05) is 21.9 Å². The maximum Gasteiger partial charge on any atom is 0.136 e. The second-order valence-electron chi connectivity index (χ2n) is 5.67. The van der Waals surface area contributed by atoms with E-state index in [9.17, 15) is 0 Å². The number of halogens is 1. The summed E-state index contributed by atoms with van der Waals surface area (Å²) in [5.41, 5.74) is 3.19. The van der Waals surface area contributed by atoms with E-state index < -0.39 is 0 Å². The van der Waals surface area contributed by atoms with Crippen LogP contribution in [-0.4, -0.2) is 0 Å². The summed E-state index contributed by atoms with van der Waals surface area (Å²) in [7, 11) is 0. The van der Waals surface area contributed by atoms with Gasteiger partial charge in [-0.2, -0.15) is 0 Å². The van der Waals surface area contributed by atoms with Crippen molar-refractivity contribution in [1.29, 1.82) is 0 Å². The summed E-state index contributed by atoms with van der Waals surface area (Å²) in [6.45, 7) is 6.66. The zero-order valence-corrected chi connectivity index (χ0v) is 11.5. The maximum atomic E-state index is 6.02. The van der Waals surface area contributed by atoms with Crippen LogP contribution in [0, 0.1) is 0 Å². The molecule has 1 nitrogen and oxygen atoms in total. The molecule has 3 aromatic rings. The standard InChI is InChI=1S/C16H15ClO/c1-16(2,3)12-5-4-6-13-15(12)11-8-7-10(17)9-14(11)18-13/h4-9H,1-3H3. The predicted octanol–water partition coefficient (Wildman–Crippen LogP) is 5.54. The molecular weight excluding hydrogens is 244 g/mol. The molecule has 2 aromatic carbocycles. The van der Waals surface area contributed by atoms with Crippen molar-refractivity contribution in [3.05, 3.63) is 47.0 Å². The van der Waals surface area contributed by atoms with Gasteiger partial charge >= 0.3 is 0 Å². The van der Waals surface area contributed by atoms with Crippen LogP contribution < -0.4 is 0 Å². The summed E-state index contributed by atoms with van der Waals surface area (Å²) in [5.74, 6) is 0. The summed E-state index contributed by atoms with van der Waals surface area (Å²) in [4.78, 5) is 0. The fourth-order valence-electron chi connectivity index (χ4n) is 2.42. The Morgan fingerprint density at radius 1 is 1.00 bits per heavy atom. The summed E-state index contributed by atoms with van der Waals surface area (Å²) in [5, 5.41) is 3.05. The Morgan fingerprint density at radius 3 is 2.50 bits per heavy atom. The third-order valence-corrected chi connectivity index (χ3v) is 3.50. The van der Waals surface area contributed by atoms with Crippen molar-refractivity contribution in [2.75, 3.05) is 0 Å². The van der Waals surface area contributed by atoms with Gasteiger partial charge in [-0.1, -0.05) is 44.5 Å². The molecule has 0 spiro atoms. The van der Waals surface area contributed by atoms with Gasteiger partial charge in [0.2, 0.25) is 0 Å². The van der Waals surface area contributed by atoms with Gasteiger partial charge < -0.3 is 4.42 Å². The van der Waals surface area contributed by atoms with Gasteiger partial charge in [-0.05, 0) is 29.2 Å². The predicted molar refractivity (Wildman–Crippen MR) is 77.4 cm³/mol. The Balaban J connectivity index is 2.49. The van der Waals surface area contributed by atoms with Gasteiger partial charge in [-0.25, -0.2) is 0 Å². The first-order chi connectivity index (χ1) is 8.47. The number of furan rings is 1. The molecule has 92 valence electrons. The average Bonchev–Trinajstić information content (AvgIpc) is 2.64. The van der Waals surface area contributed by atoms with Gasteiger partial charge in [0.15, 0.2) is 0 Å². The van der Waals surface area contributed by atoms with Crippen LogP contribution in [0.2, 0.25) is 5.02 Å². The fraction of sp³-hybridized carbons (Fsp3) is 0.250. The Kier molecular flexibility index (Phi) is 2.43. The zero-order valence-electron chi connectivity index (χ0n) is 10.8. The van der Waals surface area contributed by atoms with Crippen molar-refractivity contribution >= 4 is 33.5 Å². The molecule has 0 saturated heterocycles. The number of benzene rings is 2. The molecule has 0 atom stereocenters. The monoisotopic (exact) mass is 258 g/mol. The van der Waals surface area contributed by atoms with Crippen LogP contribution >= 0.6 is 11.6 Å². The van der Waals surface area contributed by atoms with Gasteiger partial charge in [0.25, 0.3) is 0 Å². The maximum absolute atomic E-state index is 6.02. The zero-order chi connectivity index (χ0) is 12.9. The van der Waals surface area contributed by atoms with E-state index in [0.717, 1.165) is 16.6 Å². The first-order valence-corrected chi connectivity index (χ1v) is 6.46. The number of hydrogen-bond acceptors (Lipinski definition) is 1. The molecular formula is C16H15ClO. The van der Waals surface area contributed by atoms with Crippen LogP contribution in [0.15, 0.2) is 40.8 Å². The topological polar surface area (TPSA) is 13.1 Å². The molecule has 3 rings (SSSR count). The Bertz CT molecular complexity index is 732. The molecule has 2 heteroatoms. The lowest BCUT2D eigenvalue weighted by Crippen LogP contribution is -2.11. The lowest BCUT2D eigenvalue weighted by atomic mass is 9.84. The molecule has 1 heterocycles. The van der Waals surface area contributed by atoms with Crippen molar-refractivity contribution in [2.24, 2.45) is 0 Å². The van der Waals surface area contributed by atoms with Crippen molar-refractivity contribution < 1.29 is 4.42 Å². The highest BCUT2D eigenvalue weighted by molar-refractivity contribution is 6.31. The average molecular weight is 259 g/mol. The Labute approximate surface area is 111 Å². The van der Waals surface area contributed by atoms with E-state index in [1.165, 1.54) is 10.9 Å². The highest BCUT2D eigenvalue weighted by Crippen LogP contribution is 2.37. The van der Waals surface area contributed by atoms with Gasteiger partial charge in [-0.3, -0.25) is 0 Å². The highest BCUT2D eigenvalue weighted by atomic mass is 35.5. The van der Waals surface area contributed by atoms with Crippen LogP contribution in [0.5, 0.6) is 0 Å². The molecule has 0 saturated carbocycles. The highest BCUT2D eigenvalue weighted by Gasteiger charge is 2.20. The quantitative estimate of drug-likeness (QED) is 0.516. The summed E-state index contributed by atoms with van der Waals surface area (Å²) in [6.07, 6.45) is 0. The molecule has 0 radical (unpaired) electrons. The van der Waals surface area contributed by atoms with E-state index in [1.54, 1.807) is 0 Å². The van der Waals surface area contributed by atoms with E-state index in [1.807, 2.05) is 30.3 Å². The third kappa shape index (κ3) is 1.70. The van der Waals surface area contributed by atoms with Gasteiger partial charge in [0.1, 0.15) is 11.2 Å². The van der Waals surface area contributed by atoms with E-state index in [2.05, 4.69) is 26.8 Å². The molecule has 0 N–H and O–H groups in total. The molecule has 0 bridgehead atoms. The van der Waals surface area contributed by atoms with Crippen LogP contribution in [0.25, 0.3) is 21.9 Å². The Hall–Kier alpha value is -1.47. The molecule has 0 aliphatic heterocycles. The summed E-state index contributed by atoms with van der Waals surface area (Å²) in [6, 6.07) is 12.1. The van der Waals surface area contributed by atoms with Crippen LogP contribution in [0.4, 0.5) is 0 Å². The summed E-state index contributed by atoms with van der Waals surface area (Å²) >= 11 is 6.02. The Morgan fingerprint density at radius 2 is 1.78 bits per heavy atom. The van der Waals surface area contributed by atoms with Crippen molar-refractivity contribution in [3.8, 4) is 0 Å². The molecule has 0 fully saturated rings. The normalized spacial score (nSPS) is 12.4. The van der Waals surface area contributed by atoms with Gasteiger partial charge in [-0.15, -0.1) is 0 Å². The van der Waals surface area contributed by atoms with E-state index >= 15 is 0 Å².